The second-order valence-electron chi connectivity index (χ2n) is 4.55. The summed E-state index contributed by atoms with van der Waals surface area (Å²) in [6.07, 6.45) is 0. The Morgan fingerprint density at radius 1 is 1.22 bits per heavy atom. The first-order valence-corrected chi connectivity index (χ1v) is 5.57. The van der Waals surface area contributed by atoms with E-state index in [-0.39, 0.29) is 5.91 Å². The number of nitrogens with one attached hydrogen (secondary N) is 1. The van der Waals surface area contributed by atoms with E-state index in [0.717, 1.165) is 5.69 Å². The number of aliphatic carboxylic acids is 1. The molecule has 1 aromatic carbocycles. The summed E-state index contributed by atoms with van der Waals surface area (Å²) in [7, 11) is 3.80. The molecule has 0 aliphatic rings. The maximum absolute atomic E-state index is 11.4. The van der Waals surface area contributed by atoms with Gasteiger partial charge in [-0.25, -0.2) is 4.79 Å². The lowest BCUT2D eigenvalue weighted by molar-refractivity contribution is -0.147. The Labute approximate surface area is 106 Å². The van der Waals surface area contributed by atoms with Crippen LogP contribution in [-0.2, 0) is 15.1 Å². The maximum atomic E-state index is 11.4. The molecule has 1 atom stereocenters. The van der Waals surface area contributed by atoms with E-state index in [1.807, 2.05) is 31.1 Å². The third-order valence-electron chi connectivity index (χ3n) is 2.81. The molecule has 18 heavy (non-hydrogen) atoms. The molecule has 1 rings (SSSR count). The zero-order valence-corrected chi connectivity index (χ0v) is 11.0. The van der Waals surface area contributed by atoms with Crippen LogP contribution in [0.5, 0.6) is 0 Å². The fourth-order valence-electron chi connectivity index (χ4n) is 1.69. The number of nitrogens with zero attached hydrogens (tertiary/aromatic N) is 1. The molecule has 2 N–H and O–H groups in total. The first-order chi connectivity index (χ1) is 8.27. The second-order valence-corrected chi connectivity index (χ2v) is 4.55. The molecule has 0 saturated heterocycles. The molecule has 0 heterocycles. The molecular weight excluding hydrogens is 232 g/mol. The van der Waals surface area contributed by atoms with Crippen LogP contribution in [-0.4, -0.2) is 31.1 Å². The predicted octanol–water partition coefficient (Wildman–Crippen LogP) is 1.19. The molecule has 1 unspecified atom stereocenters. The van der Waals surface area contributed by atoms with E-state index in [4.69, 9.17) is 0 Å². The quantitative estimate of drug-likeness (QED) is 0.842. The third kappa shape index (κ3) is 2.80. The van der Waals surface area contributed by atoms with Gasteiger partial charge in [0.05, 0.1) is 0 Å². The summed E-state index contributed by atoms with van der Waals surface area (Å²) < 4.78 is 0. The van der Waals surface area contributed by atoms with Gasteiger partial charge in [0.1, 0.15) is 0 Å². The van der Waals surface area contributed by atoms with Gasteiger partial charge in [-0.1, -0.05) is 12.1 Å². The number of carboxylic acids is 1. The first kappa shape index (κ1) is 14.0. The zero-order chi connectivity index (χ0) is 13.9. The molecular formula is C13H18N2O3. The van der Waals surface area contributed by atoms with Crippen molar-refractivity contribution in [3.05, 3.63) is 29.8 Å². The molecule has 0 fully saturated rings. The van der Waals surface area contributed by atoms with E-state index in [9.17, 15) is 14.7 Å². The van der Waals surface area contributed by atoms with Gasteiger partial charge in [0.2, 0.25) is 5.91 Å². The number of carboxylic acid groups (broad SMARTS) is 1. The van der Waals surface area contributed by atoms with Gasteiger partial charge in [0.25, 0.3) is 0 Å². The summed E-state index contributed by atoms with van der Waals surface area (Å²) in [5.74, 6) is -1.47. The van der Waals surface area contributed by atoms with Gasteiger partial charge in [0.15, 0.2) is 5.54 Å². The minimum absolute atomic E-state index is 0.378. The SMILES string of the molecule is CC(=O)NC(C)(C(=O)O)c1ccc(N(C)C)cc1. The summed E-state index contributed by atoms with van der Waals surface area (Å²) in [4.78, 5) is 24.4. The van der Waals surface area contributed by atoms with Crippen molar-refractivity contribution in [3.63, 3.8) is 0 Å². The van der Waals surface area contributed by atoms with Crippen LogP contribution in [0.25, 0.3) is 0 Å². The number of carbonyl (C=O) groups excluding carboxylic acids is 1. The molecule has 0 aromatic heterocycles. The lowest BCUT2D eigenvalue weighted by Crippen LogP contribution is -2.48. The minimum atomic E-state index is -1.41. The van der Waals surface area contributed by atoms with Crippen molar-refractivity contribution in [2.24, 2.45) is 0 Å². The molecule has 1 amide bonds. The van der Waals surface area contributed by atoms with E-state index in [2.05, 4.69) is 5.32 Å². The highest BCUT2D eigenvalue weighted by Crippen LogP contribution is 2.23. The van der Waals surface area contributed by atoms with E-state index in [1.165, 1.54) is 13.8 Å². The smallest absolute Gasteiger partial charge is 0.333 e. The summed E-state index contributed by atoms with van der Waals surface area (Å²) in [5.41, 5.74) is 0.0987. The lowest BCUT2D eigenvalue weighted by atomic mass is 9.91. The van der Waals surface area contributed by atoms with E-state index in [1.54, 1.807) is 12.1 Å². The van der Waals surface area contributed by atoms with Gasteiger partial charge in [0, 0.05) is 26.7 Å². The number of benzene rings is 1. The van der Waals surface area contributed by atoms with Crippen LogP contribution in [0.15, 0.2) is 24.3 Å². The Kier molecular flexibility index (Phi) is 3.96. The van der Waals surface area contributed by atoms with Crippen molar-refractivity contribution in [2.75, 3.05) is 19.0 Å². The van der Waals surface area contributed by atoms with Crippen LogP contribution >= 0.6 is 0 Å². The van der Waals surface area contributed by atoms with Gasteiger partial charge in [-0.2, -0.15) is 0 Å². The Hall–Kier alpha value is -2.04. The van der Waals surface area contributed by atoms with Crippen LogP contribution in [0.4, 0.5) is 5.69 Å². The number of hydrogen-bond acceptors (Lipinski definition) is 3. The topological polar surface area (TPSA) is 69.6 Å². The summed E-state index contributed by atoms with van der Waals surface area (Å²) in [6.45, 7) is 2.77. The number of carbonyl (C=O) groups is 2. The Bertz CT molecular complexity index is 454. The van der Waals surface area contributed by atoms with Crippen molar-refractivity contribution >= 4 is 17.6 Å². The number of hydrogen-bond donors (Lipinski definition) is 2. The highest BCUT2D eigenvalue weighted by molar-refractivity contribution is 5.87. The van der Waals surface area contributed by atoms with E-state index >= 15 is 0 Å². The highest BCUT2D eigenvalue weighted by atomic mass is 16.4. The molecule has 5 heteroatoms. The summed E-state index contributed by atoms with van der Waals surface area (Å²) in [5, 5.41) is 11.8. The van der Waals surface area contributed by atoms with Crippen molar-refractivity contribution in [1.29, 1.82) is 0 Å². The van der Waals surface area contributed by atoms with E-state index in [0.29, 0.717) is 5.56 Å². The minimum Gasteiger partial charge on any atom is -0.479 e. The van der Waals surface area contributed by atoms with Gasteiger partial charge < -0.3 is 15.3 Å². The van der Waals surface area contributed by atoms with Gasteiger partial charge >= 0.3 is 5.97 Å². The standard InChI is InChI=1S/C13H18N2O3/c1-9(16)14-13(2,12(17)18)10-5-7-11(8-6-10)15(3)4/h5-8H,1-4H3,(H,14,16)(H,17,18). The molecule has 0 bridgehead atoms. The second kappa shape index (κ2) is 5.08. The number of amides is 1. The summed E-state index contributed by atoms with van der Waals surface area (Å²) in [6, 6.07) is 7.05. The molecule has 5 nitrogen and oxygen atoms in total. The molecule has 0 saturated carbocycles. The fraction of sp³-hybridized carbons (Fsp3) is 0.385. The molecule has 0 spiro atoms. The zero-order valence-electron chi connectivity index (χ0n) is 11.0. The van der Waals surface area contributed by atoms with Crippen LogP contribution in [0, 0.1) is 0 Å². The Balaban J connectivity index is 3.14. The Morgan fingerprint density at radius 3 is 2.06 bits per heavy atom. The molecule has 0 radical (unpaired) electrons. The van der Waals surface area contributed by atoms with Crippen LogP contribution in [0.1, 0.15) is 19.4 Å². The highest BCUT2D eigenvalue weighted by Gasteiger charge is 2.35. The van der Waals surface area contributed by atoms with Crippen molar-refractivity contribution in [1.82, 2.24) is 5.32 Å². The lowest BCUT2D eigenvalue weighted by Gasteiger charge is -2.26. The monoisotopic (exact) mass is 250 g/mol. The summed E-state index contributed by atoms with van der Waals surface area (Å²) >= 11 is 0. The normalized spacial score (nSPS) is 13.6. The average Bonchev–Trinajstić information content (AvgIpc) is 2.27. The van der Waals surface area contributed by atoms with Gasteiger partial charge in [-0.15, -0.1) is 0 Å². The molecule has 0 aliphatic carbocycles. The predicted molar refractivity (Wildman–Crippen MR) is 69.6 cm³/mol. The third-order valence-corrected chi connectivity index (χ3v) is 2.81. The van der Waals surface area contributed by atoms with Crippen LogP contribution in [0.2, 0.25) is 0 Å². The van der Waals surface area contributed by atoms with E-state index < -0.39 is 11.5 Å². The molecule has 1 aromatic rings. The molecule has 98 valence electrons. The largest absolute Gasteiger partial charge is 0.479 e. The first-order valence-electron chi connectivity index (χ1n) is 5.57. The van der Waals surface area contributed by atoms with Gasteiger partial charge in [-0.3, -0.25) is 4.79 Å². The van der Waals surface area contributed by atoms with Crippen molar-refractivity contribution in [3.8, 4) is 0 Å². The molecule has 0 aliphatic heterocycles. The maximum Gasteiger partial charge on any atom is 0.333 e. The number of rotatable bonds is 4. The van der Waals surface area contributed by atoms with Crippen molar-refractivity contribution < 1.29 is 14.7 Å². The average molecular weight is 250 g/mol. The fourth-order valence-corrected chi connectivity index (χ4v) is 1.69. The van der Waals surface area contributed by atoms with Crippen LogP contribution < -0.4 is 10.2 Å². The van der Waals surface area contributed by atoms with Crippen molar-refractivity contribution in [2.45, 2.75) is 19.4 Å². The van der Waals surface area contributed by atoms with Crippen LogP contribution in [0.3, 0.4) is 0 Å². The number of anilines is 1. The van der Waals surface area contributed by atoms with Gasteiger partial charge in [-0.05, 0) is 24.6 Å². The Morgan fingerprint density at radius 2 is 1.72 bits per heavy atom.